The lowest BCUT2D eigenvalue weighted by atomic mass is 10.2. The largest absolute Gasteiger partial charge is 0.497 e. The number of likely N-dealkylation sites (N-methyl/N-ethyl adjacent to an activating group) is 1. The normalized spacial score (nSPS) is 16.8. The van der Waals surface area contributed by atoms with Gasteiger partial charge in [0.2, 0.25) is 5.91 Å². The zero-order valence-corrected chi connectivity index (χ0v) is 13.3. The highest BCUT2D eigenvalue weighted by atomic mass is 16.5. The van der Waals surface area contributed by atoms with E-state index in [2.05, 4.69) is 27.4 Å². The van der Waals surface area contributed by atoms with Crippen LogP contribution in [0, 0.1) is 0 Å². The van der Waals surface area contributed by atoms with Gasteiger partial charge in [0.25, 0.3) is 0 Å². The van der Waals surface area contributed by atoms with Crippen molar-refractivity contribution in [2.24, 2.45) is 5.10 Å². The van der Waals surface area contributed by atoms with Crippen molar-refractivity contribution in [2.75, 3.05) is 46.9 Å². The second-order valence-corrected chi connectivity index (χ2v) is 5.46. The first-order chi connectivity index (χ1) is 10.7. The van der Waals surface area contributed by atoms with Crippen LogP contribution in [0.2, 0.25) is 0 Å². The zero-order valence-electron chi connectivity index (χ0n) is 13.3. The Morgan fingerprint density at radius 2 is 1.95 bits per heavy atom. The van der Waals surface area contributed by atoms with Gasteiger partial charge in [-0.05, 0) is 36.9 Å². The molecule has 6 nitrogen and oxygen atoms in total. The summed E-state index contributed by atoms with van der Waals surface area (Å²) in [6, 6.07) is 7.49. The lowest BCUT2D eigenvalue weighted by molar-refractivity contribution is -0.121. The van der Waals surface area contributed by atoms with Crippen molar-refractivity contribution in [3.8, 4) is 5.75 Å². The summed E-state index contributed by atoms with van der Waals surface area (Å²) in [6.07, 6.45) is 2.11. The summed E-state index contributed by atoms with van der Waals surface area (Å²) in [4.78, 5) is 16.4. The zero-order chi connectivity index (χ0) is 15.8. The molecule has 120 valence electrons. The fourth-order valence-electron chi connectivity index (χ4n) is 2.26. The van der Waals surface area contributed by atoms with Gasteiger partial charge in [-0.25, -0.2) is 5.43 Å². The molecule has 0 bridgehead atoms. The van der Waals surface area contributed by atoms with Crippen LogP contribution in [0.3, 0.4) is 0 Å². The summed E-state index contributed by atoms with van der Waals surface area (Å²) < 4.78 is 5.09. The summed E-state index contributed by atoms with van der Waals surface area (Å²) in [5.74, 6) is 0.747. The quantitative estimate of drug-likeness (QED) is 0.623. The van der Waals surface area contributed by atoms with Crippen LogP contribution in [-0.4, -0.2) is 68.8 Å². The van der Waals surface area contributed by atoms with E-state index < -0.39 is 0 Å². The average molecular weight is 304 g/mol. The predicted octanol–water partition coefficient (Wildman–Crippen LogP) is 0.783. The minimum Gasteiger partial charge on any atom is -0.497 e. The molecule has 22 heavy (non-hydrogen) atoms. The van der Waals surface area contributed by atoms with Gasteiger partial charge in [-0.15, -0.1) is 0 Å². The smallest absolute Gasteiger partial charge is 0.241 e. The van der Waals surface area contributed by atoms with E-state index in [9.17, 15) is 4.79 Å². The molecule has 2 rings (SSSR count). The van der Waals surface area contributed by atoms with Crippen LogP contribution in [0.5, 0.6) is 5.75 Å². The third-order valence-corrected chi connectivity index (χ3v) is 3.77. The molecular formula is C16H24N4O2. The molecule has 0 saturated carbocycles. The molecule has 6 heteroatoms. The van der Waals surface area contributed by atoms with Crippen LogP contribution in [0.1, 0.15) is 12.0 Å². The van der Waals surface area contributed by atoms with Crippen molar-refractivity contribution in [2.45, 2.75) is 6.42 Å². The predicted molar refractivity (Wildman–Crippen MR) is 87.3 cm³/mol. The van der Waals surface area contributed by atoms with Gasteiger partial charge in [-0.2, -0.15) is 5.10 Å². The molecule has 1 amide bonds. The van der Waals surface area contributed by atoms with Crippen molar-refractivity contribution in [1.82, 2.24) is 15.2 Å². The lowest BCUT2D eigenvalue weighted by Gasteiger charge is -2.32. The third-order valence-electron chi connectivity index (χ3n) is 3.77. The molecule has 1 fully saturated rings. The number of piperazine rings is 1. The van der Waals surface area contributed by atoms with Gasteiger partial charge in [0.15, 0.2) is 0 Å². The SMILES string of the molecule is COc1ccc(C=NNC(=O)CCN2CCN(C)CC2)cc1. The number of hydrogen-bond donors (Lipinski definition) is 1. The molecule has 0 radical (unpaired) electrons. The number of hydrogen-bond acceptors (Lipinski definition) is 5. The van der Waals surface area contributed by atoms with Crippen molar-refractivity contribution in [1.29, 1.82) is 0 Å². The van der Waals surface area contributed by atoms with E-state index in [0.717, 1.165) is 44.0 Å². The molecular weight excluding hydrogens is 280 g/mol. The molecule has 1 N–H and O–H groups in total. The Labute approximate surface area is 131 Å². The number of carbonyl (C=O) groups is 1. The highest BCUT2D eigenvalue weighted by Crippen LogP contribution is 2.09. The fraction of sp³-hybridized carbons (Fsp3) is 0.500. The van der Waals surface area contributed by atoms with Gasteiger partial charge in [0.05, 0.1) is 13.3 Å². The Kier molecular flexibility index (Phi) is 6.36. The minimum absolute atomic E-state index is 0.0521. The molecule has 1 aliphatic heterocycles. The first-order valence-corrected chi connectivity index (χ1v) is 7.54. The Hall–Kier alpha value is -1.92. The number of rotatable bonds is 6. The second kappa shape index (κ2) is 8.51. The van der Waals surface area contributed by atoms with Crippen molar-refractivity contribution in [3.05, 3.63) is 29.8 Å². The molecule has 1 saturated heterocycles. The van der Waals surface area contributed by atoms with E-state index in [1.165, 1.54) is 0 Å². The Bertz CT molecular complexity index is 493. The standard InChI is InChI=1S/C16H24N4O2/c1-19-9-11-20(12-10-19)8-7-16(21)18-17-13-14-3-5-15(22-2)6-4-14/h3-6,13H,7-12H2,1-2H3,(H,18,21). The van der Waals surface area contributed by atoms with Crippen molar-refractivity contribution >= 4 is 12.1 Å². The number of hydrazone groups is 1. The highest BCUT2D eigenvalue weighted by molar-refractivity contribution is 5.82. The molecule has 0 atom stereocenters. The van der Waals surface area contributed by atoms with Gasteiger partial charge in [0.1, 0.15) is 5.75 Å². The van der Waals surface area contributed by atoms with Crippen LogP contribution < -0.4 is 10.2 Å². The number of methoxy groups -OCH3 is 1. The van der Waals surface area contributed by atoms with Crippen LogP contribution in [0.25, 0.3) is 0 Å². The summed E-state index contributed by atoms with van der Waals surface area (Å²) in [5, 5.41) is 3.98. The molecule has 0 unspecified atom stereocenters. The van der Waals surface area contributed by atoms with E-state index in [4.69, 9.17) is 4.74 Å². The van der Waals surface area contributed by atoms with Gasteiger partial charge in [-0.3, -0.25) is 4.79 Å². The number of ether oxygens (including phenoxy) is 1. The first kappa shape index (κ1) is 16.5. The van der Waals surface area contributed by atoms with Crippen molar-refractivity contribution < 1.29 is 9.53 Å². The number of benzene rings is 1. The monoisotopic (exact) mass is 304 g/mol. The maximum absolute atomic E-state index is 11.8. The fourth-order valence-corrected chi connectivity index (χ4v) is 2.26. The summed E-state index contributed by atoms with van der Waals surface area (Å²) in [6.45, 7) is 4.98. The Balaban J connectivity index is 1.67. The topological polar surface area (TPSA) is 57.2 Å². The maximum atomic E-state index is 11.8. The average Bonchev–Trinajstić information content (AvgIpc) is 2.55. The summed E-state index contributed by atoms with van der Waals surface area (Å²) in [7, 11) is 3.75. The molecule has 1 aromatic carbocycles. The molecule has 1 aromatic rings. The number of carbonyl (C=O) groups excluding carboxylic acids is 1. The van der Waals surface area contributed by atoms with Crippen LogP contribution in [0.15, 0.2) is 29.4 Å². The van der Waals surface area contributed by atoms with Crippen LogP contribution in [-0.2, 0) is 4.79 Å². The van der Waals surface area contributed by atoms with Gasteiger partial charge >= 0.3 is 0 Å². The minimum atomic E-state index is -0.0521. The first-order valence-electron chi connectivity index (χ1n) is 7.54. The van der Waals surface area contributed by atoms with E-state index in [1.807, 2.05) is 24.3 Å². The highest BCUT2D eigenvalue weighted by Gasteiger charge is 2.14. The molecule has 1 heterocycles. The van der Waals surface area contributed by atoms with E-state index >= 15 is 0 Å². The maximum Gasteiger partial charge on any atom is 0.241 e. The van der Waals surface area contributed by atoms with Crippen LogP contribution in [0.4, 0.5) is 0 Å². The molecule has 0 aliphatic carbocycles. The number of amides is 1. The lowest BCUT2D eigenvalue weighted by Crippen LogP contribution is -2.45. The van der Waals surface area contributed by atoms with Gasteiger partial charge in [0, 0.05) is 39.1 Å². The Morgan fingerprint density at radius 1 is 1.27 bits per heavy atom. The van der Waals surface area contributed by atoms with E-state index in [1.54, 1.807) is 13.3 Å². The van der Waals surface area contributed by atoms with Crippen LogP contribution >= 0.6 is 0 Å². The number of nitrogens with zero attached hydrogens (tertiary/aromatic N) is 3. The molecule has 0 aromatic heterocycles. The van der Waals surface area contributed by atoms with E-state index in [-0.39, 0.29) is 5.91 Å². The Morgan fingerprint density at radius 3 is 2.59 bits per heavy atom. The van der Waals surface area contributed by atoms with Crippen molar-refractivity contribution in [3.63, 3.8) is 0 Å². The summed E-state index contributed by atoms with van der Waals surface area (Å²) >= 11 is 0. The third kappa shape index (κ3) is 5.46. The molecule has 1 aliphatic rings. The second-order valence-electron chi connectivity index (χ2n) is 5.46. The summed E-state index contributed by atoms with van der Waals surface area (Å²) in [5.41, 5.74) is 3.49. The molecule has 0 spiro atoms. The van der Waals surface area contributed by atoms with Gasteiger partial charge in [-0.1, -0.05) is 0 Å². The van der Waals surface area contributed by atoms with Gasteiger partial charge < -0.3 is 14.5 Å². The van der Waals surface area contributed by atoms with E-state index in [0.29, 0.717) is 6.42 Å². The number of nitrogens with one attached hydrogen (secondary N) is 1.